The average Bonchev–Trinajstić information content (AvgIpc) is 2.35. The molecule has 0 fully saturated rings. The van der Waals surface area contributed by atoms with Crippen molar-refractivity contribution in [3.8, 4) is 0 Å². The fourth-order valence-electron chi connectivity index (χ4n) is 1.77. The third kappa shape index (κ3) is 2.62. The predicted molar refractivity (Wildman–Crippen MR) is 75.1 cm³/mol. The number of fused-ring (bicyclic) bond motifs is 1. The first-order valence-corrected chi connectivity index (χ1v) is 5.90. The molecule has 0 saturated carbocycles. The lowest BCUT2D eigenvalue weighted by Crippen LogP contribution is -1.89. The lowest BCUT2D eigenvalue weighted by atomic mass is 10.0. The van der Waals surface area contributed by atoms with Gasteiger partial charge in [-0.25, -0.2) is 4.98 Å². The largest absolute Gasteiger partial charge is 0.248 e. The molecule has 86 valence electrons. The van der Waals surface area contributed by atoms with Gasteiger partial charge >= 0.3 is 0 Å². The molecule has 17 heavy (non-hydrogen) atoms. The molecule has 0 aliphatic carbocycles. The van der Waals surface area contributed by atoms with E-state index in [1.165, 1.54) is 10.9 Å². The van der Waals surface area contributed by atoms with Crippen LogP contribution < -0.4 is 0 Å². The van der Waals surface area contributed by atoms with E-state index in [9.17, 15) is 0 Å². The lowest BCUT2D eigenvalue weighted by Gasteiger charge is -2.06. The second-order valence-corrected chi connectivity index (χ2v) is 4.44. The van der Waals surface area contributed by atoms with Crippen molar-refractivity contribution >= 4 is 17.0 Å². The van der Waals surface area contributed by atoms with E-state index in [1.54, 1.807) is 6.08 Å². The summed E-state index contributed by atoms with van der Waals surface area (Å²) in [6.07, 6.45) is 5.63. The van der Waals surface area contributed by atoms with Gasteiger partial charge in [0, 0.05) is 5.39 Å². The second-order valence-electron chi connectivity index (χ2n) is 4.44. The molecule has 0 amide bonds. The molecule has 1 heterocycles. The molecule has 1 aromatic carbocycles. The summed E-state index contributed by atoms with van der Waals surface area (Å²) in [5, 5.41) is 1.19. The summed E-state index contributed by atoms with van der Waals surface area (Å²) in [5.74, 6) is 0.536. The Labute approximate surface area is 103 Å². The zero-order valence-electron chi connectivity index (χ0n) is 10.4. The molecule has 1 aromatic heterocycles. The van der Waals surface area contributed by atoms with Gasteiger partial charge in [0.1, 0.15) is 0 Å². The van der Waals surface area contributed by atoms with E-state index in [2.05, 4.69) is 49.7 Å². The molecule has 0 aliphatic heterocycles. The highest BCUT2D eigenvalue weighted by Gasteiger charge is 2.01. The van der Waals surface area contributed by atoms with Gasteiger partial charge in [-0.3, -0.25) is 0 Å². The molecular formula is C16H17N. The van der Waals surface area contributed by atoms with Gasteiger partial charge < -0.3 is 0 Å². The third-order valence-electron chi connectivity index (χ3n) is 2.81. The predicted octanol–water partition coefficient (Wildman–Crippen LogP) is 4.56. The molecule has 2 rings (SSSR count). The summed E-state index contributed by atoms with van der Waals surface area (Å²) in [6, 6.07) is 10.6. The Hall–Kier alpha value is -1.89. The van der Waals surface area contributed by atoms with E-state index >= 15 is 0 Å². The van der Waals surface area contributed by atoms with Crippen LogP contribution in [0, 0.1) is 0 Å². The number of aromatic nitrogens is 1. The third-order valence-corrected chi connectivity index (χ3v) is 2.81. The van der Waals surface area contributed by atoms with Crippen molar-refractivity contribution in [2.75, 3.05) is 0 Å². The fraction of sp³-hybridized carbons (Fsp3) is 0.188. The summed E-state index contributed by atoms with van der Waals surface area (Å²) < 4.78 is 0. The van der Waals surface area contributed by atoms with E-state index < -0.39 is 0 Å². The number of nitrogens with zero attached hydrogens (tertiary/aromatic N) is 1. The molecule has 0 bridgehead atoms. The number of rotatable bonds is 3. The van der Waals surface area contributed by atoms with Crippen LogP contribution in [0.25, 0.3) is 17.0 Å². The van der Waals surface area contributed by atoms with Gasteiger partial charge in [-0.2, -0.15) is 0 Å². The van der Waals surface area contributed by atoms with Crippen LogP contribution in [0.15, 0.2) is 49.1 Å². The Balaban J connectivity index is 2.50. The average molecular weight is 223 g/mol. The van der Waals surface area contributed by atoms with Gasteiger partial charge in [0.15, 0.2) is 0 Å². The van der Waals surface area contributed by atoms with Gasteiger partial charge in [-0.15, -0.1) is 0 Å². The quantitative estimate of drug-likeness (QED) is 0.695. The highest BCUT2D eigenvalue weighted by atomic mass is 14.7. The Morgan fingerprint density at radius 1 is 1.18 bits per heavy atom. The van der Waals surface area contributed by atoms with Crippen LogP contribution in [0.1, 0.15) is 31.0 Å². The number of benzene rings is 1. The maximum atomic E-state index is 4.62. The van der Waals surface area contributed by atoms with Crippen molar-refractivity contribution in [3.63, 3.8) is 0 Å². The smallest absolute Gasteiger partial charge is 0.0712 e. The molecule has 0 spiro atoms. The van der Waals surface area contributed by atoms with Crippen LogP contribution >= 0.6 is 0 Å². The minimum Gasteiger partial charge on any atom is -0.248 e. The molecular weight excluding hydrogens is 206 g/mol. The van der Waals surface area contributed by atoms with Gasteiger partial charge in [-0.05, 0) is 29.7 Å². The van der Waals surface area contributed by atoms with Crippen LogP contribution in [0.5, 0.6) is 0 Å². The van der Waals surface area contributed by atoms with Crippen molar-refractivity contribution in [2.24, 2.45) is 0 Å². The second kappa shape index (κ2) is 4.96. The molecule has 0 N–H and O–H groups in total. The van der Waals surface area contributed by atoms with E-state index in [0.717, 1.165) is 11.2 Å². The van der Waals surface area contributed by atoms with Gasteiger partial charge in [0.05, 0.1) is 11.2 Å². The summed E-state index contributed by atoms with van der Waals surface area (Å²) in [4.78, 5) is 4.62. The standard InChI is InChI=1S/C16H17N/c1-4-5-6-15-10-9-13-7-8-14(12(2)3)11-16(13)17-15/h4-12H,1H2,2-3H3/b6-5-. The molecule has 1 nitrogen and oxygen atoms in total. The van der Waals surface area contributed by atoms with Gasteiger partial charge in [-0.1, -0.05) is 50.8 Å². The van der Waals surface area contributed by atoms with Crippen LogP contribution in [0.3, 0.4) is 0 Å². The molecule has 1 heteroatoms. The first-order valence-electron chi connectivity index (χ1n) is 5.90. The van der Waals surface area contributed by atoms with Crippen molar-refractivity contribution < 1.29 is 0 Å². The Bertz CT molecular complexity index is 565. The molecule has 2 aromatic rings. The first kappa shape index (κ1) is 11.6. The zero-order chi connectivity index (χ0) is 12.3. The topological polar surface area (TPSA) is 12.9 Å². The summed E-state index contributed by atoms with van der Waals surface area (Å²) >= 11 is 0. The molecule has 0 aliphatic rings. The Morgan fingerprint density at radius 2 is 1.94 bits per heavy atom. The lowest BCUT2D eigenvalue weighted by molar-refractivity contribution is 0.868. The van der Waals surface area contributed by atoms with Crippen LogP contribution in [0.2, 0.25) is 0 Å². The van der Waals surface area contributed by atoms with Crippen molar-refractivity contribution in [2.45, 2.75) is 19.8 Å². The first-order chi connectivity index (χ1) is 8.20. The van der Waals surface area contributed by atoms with Gasteiger partial charge in [0.2, 0.25) is 0 Å². The van der Waals surface area contributed by atoms with E-state index in [-0.39, 0.29) is 0 Å². The molecule has 0 unspecified atom stereocenters. The minimum absolute atomic E-state index is 0.536. The normalized spacial score (nSPS) is 11.5. The van der Waals surface area contributed by atoms with Crippen LogP contribution in [0.4, 0.5) is 0 Å². The zero-order valence-corrected chi connectivity index (χ0v) is 10.4. The highest BCUT2D eigenvalue weighted by Crippen LogP contribution is 2.20. The Kier molecular flexibility index (Phi) is 3.38. The van der Waals surface area contributed by atoms with Crippen molar-refractivity contribution in [1.82, 2.24) is 4.98 Å². The van der Waals surface area contributed by atoms with Crippen LogP contribution in [-0.2, 0) is 0 Å². The van der Waals surface area contributed by atoms with Gasteiger partial charge in [0.25, 0.3) is 0 Å². The van der Waals surface area contributed by atoms with E-state index in [0.29, 0.717) is 5.92 Å². The van der Waals surface area contributed by atoms with Crippen molar-refractivity contribution in [3.05, 3.63) is 60.3 Å². The minimum atomic E-state index is 0.536. The maximum absolute atomic E-state index is 4.62. The fourth-order valence-corrected chi connectivity index (χ4v) is 1.77. The SMILES string of the molecule is C=C/C=C\c1ccc2ccc(C(C)C)cc2n1. The summed E-state index contributed by atoms with van der Waals surface area (Å²) in [7, 11) is 0. The number of allylic oxidation sites excluding steroid dienone is 2. The molecule has 0 saturated heterocycles. The van der Waals surface area contributed by atoms with Crippen molar-refractivity contribution in [1.29, 1.82) is 0 Å². The van der Waals surface area contributed by atoms with Crippen LogP contribution in [-0.4, -0.2) is 4.98 Å². The molecule has 0 atom stereocenters. The number of pyridine rings is 1. The summed E-state index contributed by atoms with van der Waals surface area (Å²) in [5.41, 5.74) is 3.36. The summed E-state index contributed by atoms with van der Waals surface area (Å²) in [6.45, 7) is 8.05. The van der Waals surface area contributed by atoms with E-state index in [4.69, 9.17) is 0 Å². The molecule has 0 radical (unpaired) electrons. The Morgan fingerprint density at radius 3 is 2.65 bits per heavy atom. The van der Waals surface area contributed by atoms with E-state index in [1.807, 2.05) is 18.2 Å². The highest BCUT2D eigenvalue weighted by molar-refractivity contribution is 5.80. The maximum Gasteiger partial charge on any atom is 0.0712 e. The number of hydrogen-bond donors (Lipinski definition) is 0. The number of hydrogen-bond acceptors (Lipinski definition) is 1. The monoisotopic (exact) mass is 223 g/mol.